The highest BCUT2D eigenvalue weighted by Crippen LogP contribution is 2.35. The van der Waals surface area contributed by atoms with Crippen LogP contribution in [0.2, 0.25) is 0 Å². The van der Waals surface area contributed by atoms with Crippen molar-refractivity contribution in [1.29, 1.82) is 0 Å². The Morgan fingerprint density at radius 2 is 2.04 bits per heavy atom. The van der Waals surface area contributed by atoms with Crippen molar-refractivity contribution in [2.24, 2.45) is 0 Å². The Balaban J connectivity index is 1.82. The molecule has 1 saturated heterocycles. The fraction of sp³-hybridized carbons (Fsp3) is 0.263. The molecule has 2 heterocycles. The van der Waals surface area contributed by atoms with Crippen molar-refractivity contribution < 1.29 is 22.4 Å². The number of furan rings is 1. The number of nitrogens with zero attached hydrogens (tertiary/aromatic N) is 1. The number of thioether (sulfide) groups is 1. The Labute approximate surface area is 164 Å². The number of amides is 1. The number of hydrogen-bond acceptors (Lipinski definition) is 4. The highest BCUT2D eigenvalue weighted by atomic mass is 32.2. The van der Waals surface area contributed by atoms with Crippen molar-refractivity contribution in [1.82, 2.24) is 4.90 Å². The molecule has 3 nitrogen and oxygen atoms in total. The summed E-state index contributed by atoms with van der Waals surface area (Å²) in [6, 6.07) is 8.12. The summed E-state index contributed by atoms with van der Waals surface area (Å²) in [5, 5.41) is 0. The maximum atomic E-state index is 12.9. The van der Waals surface area contributed by atoms with Gasteiger partial charge in [-0.05, 0) is 30.7 Å². The summed E-state index contributed by atoms with van der Waals surface area (Å²) in [5.74, 6) is 0.516. The van der Waals surface area contributed by atoms with E-state index in [1.54, 1.807) is 29.2 Å². The van der Waals surface area contributed by atoms with E-state index in [2.05, 4.69) is 0 Å². The molecule has 0 atom stereocenters. The average molecular weight is 411 g/mol. The van der Waals surface area contributed by atoms with Crippen molar-refractivity contribution in [2.45, 2.75) is 25.9 Å². The maximum Gasteiger partial charge on any atom is 0.416 e. The topological polar surface area (TPSA) is 33.5 Å². The molecular weight excluding hydrogens is 395 g/mol. The van der Waals surface area contributed by atoms with E-state index in [4.69, 9.17) is 16.6 Å². The number of carbonyl (C=O) groups is 1. The molecule has 0 unspecified atom stereocenters. The summed E-state index contributed by atoms with van der Waals surface area (Å²) >= 11 is 6.44. The number of thiocarbonyl (C=S) groups is 1. The molecule has 0 spiro atoms. The molecule has 8 heteroatoms. The summed E-state index contributed by atoms with van der Waals surface area (Å²) in [6.07, 6.45) is -1.03. The van der Waals surface area contributed by atoms with E-state index < -0.39 is 11.7 Å². The third kappa shape index (κ3) is 4.44. The highest BCUT2D eigenvalue weighted by molar-refractivity contribution is 8.26. The summed E-state index contributed by atoms with van der Waals surface area (Å²) in [5.41, 5.74) is -0.422. The number of rotatable bonds is 5. The quantitative estimate of drug-likeness (QED) is 0.449. The smallest absolute Gasteiger partial charge is 0.416 e. The van der Waals surface area contributed by atoms with E-state index in [1.165, 1.54) is 17.8 Å². The molecule has 2 aromatic rings. The van der Waals surface area contributed by atoms with Gasteiger partial charge < -0.3 is 4.42 Å². The average Bonchev–Trinajstić information content (AvgIpc) is 3.18. The van der Waals surface area contributed by atoms with Crippen LogP contribution in [0.15, 0.2) is 45.7 Å². The molecule has 1 fully saturated rings. The molecule has 142 valence electrons. The monoisotopic (exact) mass is 411 g/mol. The summed E-state index contributed by atoms with van der Waals surface area (Å²) in [6.45, 7) is 2.61. The third-order valence-corrected chi connectivity index (χ3v) is 5.36. The van der Waals surface area contributed by atoms with Gasteiger partial charge >= 0.3 is 6.18 Å². The first-order chi connectivity index (χ1) is 12.8. The molecule has 0 bridgehead atoms. The van der Waals surface area contributed by atoms with Crippen LogP contribution < -0.4 is 0 Å². The normalized spacial score (nSPS) is 16.6. The van der Waals surface area contributed by atoms with Crippen molar-refractivity contribution in [3.05, 3.63) is 52.6 Å². The lowest BCUT2D eigenvalue weighted by molar-refractivity contribution is -0.137. The van der Waals surface area contributed by atoms with Crippen molar-refractivity contribution in [2.75, 3.05) is 6.54 Å². The summed E-state index contributed by atoms with van der Waals surface area (Å²) < 4.78 is 44.7. The van der Waals surface area contributed by atoms with Gasteiger partial charge in [-0.1, -0.05) is 49.5 Å². The Kier molecular flexibility index (Phi) is 5.76. The lowest BCUT2D eigenvalue weighted by Crippen LogP contribution is -2.28. The Bertz CT molecular complexity index is 902. The second-order valence-corrected chi connectivity index (χ2v) is 7.64. The minimum Gasteiger partial charge on any atom is -0.457 e. The van der Waals surface area contributed by atoms with Gasteiger partial charge in [-0.25, -0.2) is 0 Å². The highest BCUT2D eigenvalue weighted by Gasteiger charge is 2.32. The van der Waals surface area contributed by atoms with Gasteiger partial charge in [-0.15, -0.1) is 0 Å². The van der Waals surface area contributed by atoms with Gasteiger partial charge in [-0.2, -0.15) is 13.2 Å². The number of halogens is 3. The first kappa shape index (κ1) is 19.7. The van der Waals surface area contributed by atoms with E-state index >= 15 is 0 Å². The number of alkyl halides is 3. The molecule has 0 aliphatic carbocycles. The van der Waals surface area contributed by atoms with Crippen LogP contribution in [-0.2, 0) is 11.0 Å². The van der Waals surface area contributed by atoms with Gasteiger partial charge in [0, 0.05) is 18.2 Å². The van der Waals surface area contributed by atoms with Crippen LogP contribution in [0.1, 0.15) is 31.1 Å². The minimum atomic E-state index is -4.42. The molecule has 1 aliphatic rings. The fourth-order valence-corrected chi connectivity index (χ4v) is 3.86. The molecule has 1 aromatic heterocycles. The van der Waals surface area contributed by atoms with Crippen molar-refractivity contribution in [3.8, 4) is 11.3 Å². The van der Waals surface area contributed by atoms with Crippen molar-refractivity contribution >= 4 is 40.3 Å². The summed E-state index contributed by atoms with van der Waals surface area (Å²) in [4.78, 5) is 14.4. The van der Waals surface area contributed by atoms with Gasteiger partial charge in [0.1, 0.15) is 15.8 Å². The van der Waals surface area contributed by atoms with Gasteiger partial charge in [0.25, 0.3) is 5.91 Å². The molecule has 0 radical (unpaired) electrons. The van der Waals surface area contributed by atoms with Gasteiger partial charge in [0.15, 0.2) is 0 Å². The molecule has 1 amide bonds. The van der Waals surface area contributed by atoms with E-state index in [-0.39, 0.29) is 5.91 Å². The Hall–Kier alpha value is -2.06. The second kappa shape index (κ2) is 7.90. The molecule has 3 rings (SSSR count). The SMILES string of the molecule is CCCCN1C(=O)/C(=C/c2ccc(-c3cccc(C(F)(F)F)c3)o2)SC1=S. The van der Waals surface area contributed by atoms with Crippen LogP contribution in [0, 0.1) is 0 Å². The van der Waals surface area contributed by atoms with E-state index in [9.17, 15) is 18.0 Å². The molecule has 0 N–H and O–H groups in total. The van der Waals surface area contributed by atoms with Crippen LogP contribution in [0.3, 0.4) is 0 Å². The molecule has 1 aliphatic heterocycles. The standard InChI is InChI=1S/C19H16F3NO2S2/c1-2-3-9-23-17(24)16(27-18(23)26)11-14-7-8-15(25-14)12-5-4-6-13(10-12)19(20,21)22/h4-8,10-11H,2-3,9H2,1H3/b16-11-. The van der Waals surface area contributed by atoms with Crippen LogP contribution in [-0.4, -0.2) is 21.7 Å². The fourth-order valence-electron chi connectivity index (χ4n) is 2.57. The zero-order valence-corrected chi connectivity index (χ0v) is 16.0. The lowest BCUT2D eigenvalue weighted by atomic mass is 10.1. The first-order valence-corrected chi connectivity index (χ1v) is 9.55. The largest absolute Gasteiger partial charge is 0.457 e. The maximum absolute atomic E-state index is 12.9. The molecule has 27 heavy (non-hydrogen) atoms. The van der Waals surface area contributed by atoms with Gasteiger partial charge in [0.05, 0.1) is 10.5 Å². The van der Waals surface area contributed by atoms with E-state index in [1.807, 2.05) is 6.92 Å². The second-order valence-electron chi connectivity index (χ2n) is 5.97. The van der Waals surface area contributed by atoms with E-state index in [0.29, 0.717) is 32.9 Å². The number of benzene rings is 1. The van der Waals surface area contributed by atoms with Crippen molar-refractivity contribution in [3.63, 3.8) is 0 Å². The Morgan fingerprint density at radius 3 is 2.74 bits per heavy atom. The van der Waals surface area contributed by atoms with E-state index in [0.717, 1.165) is 25.0 Å². The lowest BCUT2D eigenvalue weighted by Gasteiger charge is -2.12. The number of hydrogen-bond donors (Lipinski definition) is 0. The van der Waals surface area contributed by atoms with Crippen LogP contribution >= 0.6 is 24.0 Å². The molecule has 1 aromatic carbocycles. The predicted octanol–water partition coefficient (Wildman–Crippen LogP) is 5.97. The van der Waals surface area contributed by atoms with Crippen LogP contribution in [0.4, 0.5) is 13.2 Å². The Morgan fingerprint density at radius 1 is 1.26 bits per heavy atom. The minimum absolute atomic E-state index is 0.171. The molecule has 0 saturated carbocycles. The predicted molar refractivity (Wildman–Crippen MR) is 104 cm³/mol. The summed E-state index contributed by atoms with van der Waals surface area (Å²) in [7, 11) is 0. The first-order valence-electron chi connectivity index (χ1n) is 8.32. The third-order valence-electron chi connectivity index (χ3n) is 3.98. The van der Waals surface area contributed by atoms with Gasteiger partial charge in [0.2, 0.25) is 0 Å². The molecular formula is C19H16F3NO2S2. The number of carbonyl (C=O) groups excluding carboxylic acids is 1. The zero-order valence-electron chi connectivity index (χ0n) is 14.4. The number of unbranched alkanes of at least 4 members (excludes halogenated alkanes) is 1. The zero-order chi connectivity index (χ0) is 19.6. The van der Waals surface area contributed by atoms with Crippen LogP contribution in [0.5, 0.6) is 0 Å². The van der Waals surface area contributed by atoms with Crippen LogP contribution in [0.25, 0.3) is 17.4 Å². The van der Waals surface area contributed by atoms with Gasteiger partial charge in [-0.3, -0.25) is 9.69 Å².